The van der Waals surface area contributed by atoms with Crippen LogP contribution in [0.1, 0.15) is 24.2 Å². The number of nitrogens with one attached hydrogen (secondary N) is 1. The molecule has 102 valence electrons. The van der Waals surface area contributed by atoms with Crippen molar-refractivity contribution < 1.29 is 0 Å². The number of benzene rings is 1. The molecule has 1 heterocycles. The second kappa shape index (κ2) is 6.55. The summed E-state index contributed by atoms with van der Waals surface area (Å²) in [5.74, 6) is 0. The quantitative estimate of drug-likeness (QED) is 0.897. The summed E-state index contributed by atoms with van der Waals surface area (Å²) in [4.78, 5) is 0. The minimum atomic E-state index is 0.171. The van der Waals surface area contributed by atoms with Crippen LogP contribution in [0.4, 0.5) is 0 Å². The summed E-state index contributed by atoms with van der Waals surface area (Å²) in [6, 6.07) is 8.23. The summed E-state index contributed by atoms with van der Waals surface area (Å²) in [5, 5.41) is 8.67. The van der Waals surface area contributed by atoms with E-state index < -0.39 is 0 Å². The molecular weight excluding hydrogens is 326 g/mol. The molecule has 0 bridgehead atoms. The number of aryl methyl sites for hydroxylation is 1. The Kier molecular flexibility index (Phi) is 5.02. The normalized spacial score (nSPS) is 12.6. The fraction of sp³-hybridized carbons (Fsp3) is 0.357. The Hall–Kier alpha value is -0.840. The van der Waals surface area contributed by atoms with Gasteiger partial charge in [0.15, 0.2) is 0 Å². The highest BCUT2D eigenvalue weighted by molar-refractivity contribution is 9.10. The van der Waals surface area contributed by atoms with Gasteiger partial charge in [-0.05, 0) is 40.2 Å². The summed E-state index contributed by atoms with van der Waals surface area (Å²) in [7, 11) is 1.93. The Morgan fingerprint density at radius 1 is 1.42 bits per heavy atom. The van der Waals surface area contributed by atoms with Gasteiger partial charge in [-0.25, -0.2) is 0 Å². The van der Waals surface area contributed by atoms with E-state index in [0.717, 1.165) is 33.7 Å². The van der Waals surface area contributed by atoms with Gasteiger partial charge in [-0.15, -0.1) is 0 Å². The second-order valence-electron chi connectivity index (χ2n) is 4.44. The van der Waals surface area contributed by atoms with Crippen molar-refractivity contribution in [1.29, 1.82) is 0 Å². The van der Waals surface area contributed by atoms with E-state index in [2.05, 4.69) is 39.3 Å². The van der Waals surface area contributed by atoms with Crippen LogP contribution in [0.15, 0.2) is 34.9 Å². The van der Waals surface area contributed by atoms with Crippen molar-refractivity contribution in [3.63, 3.8) is 0 Å². The molecule has 1 atom stereocenters. The molecule has 0 amide bonds. The van der Waals surface area contributed by atoms with Gasteiger partial charge < -0.3 is 5.32 Å². The molecule has 0 aliphatic carbocycles. The minimum absolute atomic E-state index is 0.171. The fourth-order valence-electron chi connectivity index (χ4n) is 2.11. The van der Waals surface area contributed by atoms with E-state index in [1.165, 1.54) is 0 Å². The van der Waals surface area contributed by atoms with Gasteiger partial charge in [0.25, 0.3) is 0 Å². The Labute approximate surface area is 127 Å². The number of nitrogens with zero attached hydrogens (tertiary/aromatic N) is 2. The average Bonchev–Trinajstić information content (AvgIpc) is 2.78. The van der Waals surface area contributed by atoms with E-state index in [1.54, 1.807) is 0 Å². The molecule has 0 spiro atoms. The molecule has 0 saturated carbocycles. The lowest BCUT2D eigenvalue weighted by molar-refractivity contribution is 0.539. The number of rotatable bonds is 5. The van der Waals surface area contributed by atoms with Crippen LogP contribution in [-0.4, -0.2) is 16.3 Å². The van der Waals surface area contributed by atoms with Gasteiger partial charge in [0.05, 0.1) is 10.7 Å². The Morgan fingerprint density at radius 2 is 2.21 bits per heavy atom. The zero-order chi connectivity index (χ0) is 13.8. The SMILES string of the molecule is CCNC(Cc1ccn(C)n1)c1cccc(Br)c1Cl. The molecule has 3 nitrogen and oxygen atoms in total. The molecule has 0 radical (unpaired) electrons. The van der Waals surface area contributed by atoms with Gasteiger partial charge >= 0.3 is 0 Å². The van der Waals surface area contributed by atoms with Crippen LogP contribution in [0.5, 0.6) is 0 Å². The van der Waals surface area contributed by atoms with Gasteiger partial charge in [0.2, 0.25) is 0 Å². The van der Waals surface area contributed by atoms with Crippen LogP contribution in [0.25, 0.3) is 0 Å². The summed E-state index contributed by atoms with van der Waals surface area (Å²) in [5.41, 5.74) is 2.16. The Morgan fingerprint density at radius 3 is 2.84 bits per heavy atom. The van der Waals surface area contributed by atoms with Crippen molar-refractivity contribution in [3.8, 4) is 0 Å². The summed E-state index contributed by atoms with van der Waals surface area (Å²) >= 11 is 9.86. The molecule has 19 heavy (non-hydrogen) atoms. The maximum atomic E-state index is 6.38. The molecule has 0 fully saturated rings. The van der Waals surface area contributed by atoms with E-state index in [4.69, 9.17) is 11.6 Å². The highest BCUT2D eigenvalue weighted by atomic mass is 79.9. The van der Waals surface area contributed by atoms with E-state index >= 15 is 0 Å². The van der Waals surface area contributed by atoms with E-state index in [-0.39, 0.29) is 6.04 Å². The minimum Gasteiger partial charge on any atom is -0.310 e. The van der Waals surface area contributed by atoms with Crippen molar-refractivity contribution in [2.24, 2.45) is 7.05 Å². The molecule has 5 heteroatoms. The van der Waals surface area contributed by atoms with Crippen LogP contribution in [0, 0.1) is 0 Å². The summed E-state index contributed by atoms with van der Waals surface area (Å²) in [6.45, 7) is 2.98. The number of aromatic nitrogens is 2. The van der Waals surface area contributed by atoms with Crippen molar-refractivity contribution in [2.45, 2.75) is 19.4 Å². The predicted octanol–water partition coefficient (Wildman–Crippen LogP) is 3.73. The zero-order valence-electron chi connectivity index (χ0n) is 11.0. The zero-order valence-corrected chi connectivity index (χ0v) is 13.4. The molecular formula is C14H17BrClN3. The molecule has 0 aliphatic heterocycles. The van der Waals surface area contributed by atoms with Crippen LogP contribution in [0.2, 0.25) is 5.02 Å². The maximum absolute atomic E-state index is 6.38. The van der Waals surface area contributed by atoms with Gasteiger partial charge in [0.1, 0.15) is 0 Å². The standard InChI is InChI=1S/C14H17BrClN3/c1-3-17-13(9-10-7-8-19(2)18-10)11-5-4-6-12(15)14(11)16/h4-8,13,17H,3,9H2,1-2H3. The monoisotopic (exact) mass is 341 g/mol. The first-order valence-corrected chi connectivity index (χ1v) is 7.44. The lowest BCUT2D eigenvalue weighted by Gasteiger charge is -2.19. The molecule has 1 aromatic heterocycles. The van der Waals surface area contributed by atoms with E-state index in [9.17, 15) is 0 Å². The van der Waals surface area contributed by atoms with Crippen molar-refractivity contribution in [1.82, 2.24) is 15.1 Å². The first-order chi connectivity index (χ1) is 9.11. The maximum Gasteiger partial charge on any atom is 0.0643 e. The second-order valence-corrected chi connectivity index (χ2v) is 5.67. The smallest absolute Gasteiger partial charge is 0.0643 e. The number of hydrogen-bond donors (Lipinski definition) is 1. The first kappa shape index (κ1) is 14.6. The predicted molar refractivity (Wildman–Crippen MR) is 82.5 cm³/mol. The van der Waals surface area contributed by atoms with Gasteiger partial charge in [0, 0.05) is 30.2 Å². The number of halogens is 2. The third-order valence-corrected chi connectivity index (χ3v) is 4.30. The highest BCUT2D eigenvalue weighted by Gasteiger charge is 2.16. The largest absolute Gasteiger partial charge is 0.310 e. The average molecular weight is 343 g/mol. The lowest BCUT2D eigenvalue weighted by atomic mass is 10.0. The van der Waals surface area contributed by atoms with Crippen molar-refractivity contribution >= 4 is 27.5 Å². The van der Waals surface area contributed by atoms with Gasteiger partial charge in [-0.2, -0.15) is 5.10 Å². The van der Waals surface area contributed by atoms with Crippen LogP contribution in [0.3, 0.4) is 0 Å². The third-order valence-electron chi connectivity index (χ3n) is 2.99. The highest BCUT2D eigenvalue weighted by Crippen LogP contribution is 2.31. The Bertz CT molecular complexity index is 553. The lowest BCUT2D eigenvalue weighted by Crippen LogP contribution is -2.23. The first-order valence-electron chi connectivity index (χ1n) is 6.27. The summed E-state index contributed by atoms with van der Waals surface area (Å²) < 4.78 is 2.75. The summed E-state index contributed by atoms with van der Waals surface area (Å²) in [6.07, 6.45) is 2.78. The Balaban J connectivity index is 2.26. The van der Waals surface area contributed by atoms with Crippen molar-refractivity contribution in [3.05, 3.63) is 51.2 Å². The number of hydrogen-bond acceptors (Lipinski definition) is 2. The van der Waals surface area contributed by atoms with Crippen LogP contribution < -0.4 is 5.32 Å². The van der Waals surface area contributed by atoms with Crippen molar-refractivity contribution in [2.75, 3.05) is 6.54 Å². The molecule has 1 aromatic carbocycles. The molecule has 1 unspecified atom stereocenters. The molecule has 1 N–H and O–H groups in total. The molecule has 2 rings (SSSR count). The van der Waals surface area contributed by atoms with Crippen LogP contribution in [-0.2, 0) is 13.5 Å². The van der Waals surface area contributed by atoms with Gasteiger partial charge in [-0.1, -0.05) is 30.7 Å². The van der Waals surface area contributed by atoms with E-state index in [0.29, 0.717) is 0 Å². The molecule has 0 aliphatic rings. The molecule has 2 aromatic rings. The topological polar surface area (TPSA) is 29.9 Å². The van der Waals surface area contributed by atoms with Gasteiger partial charge in [-0.3, -0.25) is 4.68 Å². The fourth-order valence-corrected chi connectivity index (χ4v) is 2.75. The van der Waals surface area contributed by atoms with Crippen LogP contribution >= 0.6 is 27.5 Å². The number of likely N-dealkylation sites (N-methyl/N-ethyl adjacent to an activating group) is 1. The third kappa shape index (κ3) is 3.59. The molecule has 0 saturated heterocycles. The van der Waals surface area contributed by atoms with E-state index in [1.807, 2.05) is 36.1 Å².